The Morgan fingerprint density at radius 1 is 1.33 bits per heavy atom. The number of para-hydroxylation sites is 1. The monoisotopic (exact) mass is 427 g/mol. The van der Waals surface area contributed by atoms with Crippen molar-refractivity contribution >= 4 is 32.5 Å². The number of morpholine rings is 1. The highest BCUT2D eigenvalue weighted by atomic mass is 32.2. The predicted octanol–water partition coefficient (Wildman–Crippen LogP) is 2.49. The van der Waals surface area contributed by atoms with Gasteiger partial charge in [-0.15, -0.1) is 0 Å². The lowest BCUT2D eigenvalue weighted by Gasteiger charge is -2.34. The van der Waals surface area contributed by atoms with Gasteiger partial charge in [-0.3, -0.25) is 4.78 Å². The zero-order valence-electron chi connectivity index (χ0n) is 17.0. The maximum atomic E-state index is 12.8. The summed E-state index contributed by atoms with van der Waals surface area (Å²) in [4.78, 5) is 19.3. The van der Waals surface area contributed by atoms with Gasteiger partial charge >= 0.3 is 0 Å². The van der Waals surface area contributed by atoms with E-state index in [1.54, 1.807) is 0 Å². The van der Waals surface area contributed by atoms with Gasteiger partial charge in [0, 0.05) is 24.4 Å². The van der Waals surface area contributed by atoms with Crippen LogP contribution in [0.15, 0.2) is 24.3 Å². The molecule has 0 amide bonds. The molecule has 30 heavy (non-hydrogen) atoms. The first-order valence-electron chi connectivity index (χ1n) is 10.0. The maximum absolute atomic E-state index is 12.8. The van der Waals surface area contributed by atoms with Crippen LogP contribution in [0.5, 0.6) is 0 Å². The first kappa shape index (κ1) is 19.3. The van der Waals surface area contributed by atoms with Crippen LogP contribution in [0.25, 0.3) is 22.4 Å². The number of rotatable bonds is 4. The van der Waals surface area contributed by atoms with Crippen LogP contribution in [0.3, 0.4) is 0 Å². The number of nitrogen functional groups attached to an aromatic ring is 1. The zero-order chi connectivity index (χ0) is 21.1. The summed E-state index contributed by atoms with van der Waals surface area (Å²) in [7, 11) is -2.82. The second-order valence-electron chi connectivity index (χ2n) is 8.21. The van der Waals surface area contributed by atoms with Crippen molar-refractivity contribution in [2.75, 3.05) is 36.6 Å². The third-order valence-corrected chi connectivity index (χ3v) is 8.17. The normalized spacial score (nSPS) is 22.7. The number of anilines is 2. The van der Waals surface area contributed by atoms with E-state index in [0.29, 0.717) is 55.6 Å². The summed E-state index contributed by atoms with van der Waals surface area (Å²) in [6.07, 6.45) is 2.90. The number of imidazole rings is 1. The van der Waals surface area contributed by atoms with E-state index in [4.69, 9.17) is 25.2 Å². The molecule has 2 atom stereocenters. The molecular weight excluding hydrogens is 402 g/mol. The van der Waals surface area contributed by atoms with E-state index in [1.165, 1.54) is 6.26 Å². The van der Waals surface area contributed by atoms with E-state index in [1.807, 2.05) is 24.3 Å². The fourth-order valence-corrected chi connectivity index (χ4v) is 5.58. The molecule has 2 aliphatic rings. The van der Waals surface area contributed by atoms with Crippen molar-refractivity contribution in [1.29, 1.82) is 4.78 Å². The van der Waals surface area contributed by atoms with Gasteiger partial charge in [0.15, 0.2) is 11.8 Å². The summed E-state index contributed by atoms with van der Waals surface area (Å²) in [5.41, 5.74) is 8.81. The molecule has 158 valence electrons. The highest BCUT2D eigenvalue weighted by molar-refractivity contribution is 7.92. The molecule has 1 aliphatic heterocycles. The number of benzene rings is 1. The molecule has 1 aliphatic carbocycles. The number of fused-ring (bicyclic) bond motifs is 1. The van der Waals surface area contributed by atoms with E-state index >= 15 is 0 Å². The lowest BCUT2D eigenvalue weighted by atomic mass is 10.1. The van der Waals surface area contributed by atoms with Crippen molar-refractivity contribution in [2.24, 2.45) is 0 Å². The van der Waals surface area contributed by atoms with Crippen molar-refractivity contribution in [3.8, 4) is 11.4 Å². The fraction of sp³-hybridized carbons (Fsp3) is 0.450. The molecule has 1 saturated heterocycles. The molecule has 0 spiro atoms. The Morgan fingerprint density at radius 2 is 2.13 bits per heavy atom. The Bertz CT molecular complexity index is 1230. The van der Waals surface area contributed by atoms with Gasteiger partial charge in [-0.1, -0.05) is 6.07 Å². The molecule has 1 saturated carbocycles. The van der Waals surface area contributed by atoms with Gasteiger partial charge in [0.1, 0.15) is 11.3 Å². The number of H-pyrrole nitrogens is 1. The molecule has 0 unspecified atom stereocenters. The maximum Gasteiger partial charge on any atom is 0.198 e. The Kier molecular flexibility index (Phi) is 4.26. The molecule has 3 aromatic rings. The highest BCUT2D eigenvalue weighted by Gasteiger charge is 2.53. The van der Waals surface area contributed by atoms with Crippen LogP contribution in [0.2, 0.25) is 0 Å². The lowest BCUT2D eigenvalue weighted by molar-refractivity contribution is 0.0985. The number of hydrogen-bond acceptors (Lipinski definition) is 8. The molecule has 2 fully saturated rings. The molecule has 4 N–H and O–H groups in total. The van der Waals surface area contributed by atoms with Crippen LogP contribution in [-0.4, -0.2) is 56.2 Å². The molecule has 2 aromatic heterocycles. The summed E-state index contributed by atoms with van der Waals surface area (Å²) in [5.74, 6) is 1.60. The number of nitrogens with one attached hydrogen (secondary N) is 2. The number of aromatic amines is 1. The largest absolute Gasteiger partial charge is 0.377 e. The Hall–Kier alpha value is -2.72. The van der Waals surface area contributed by atoms with Gasteiger partial charge in [0.25, 0.3) is 0 Å². The van der Waals surface area contributed by atoms with Gasteiger partial charge in [0.2, 0.25) is 0 Å². The first-order chi connectivity index (χ1) is 14.3. The quantitative estimate of drug-likeness (QED) is 0.582. The highest BCUT2D eigenvalue weighted by Crippen LogP contribution is 2.52. The average molecular weight is 428 g/mol. The molecule has 10 heteroatoms. The topological polar surface area (TPSA) is 134 Å². The predicted molar refractivity (Wildman–Crippen MR) is 117 cm³/mol. The minimum absolute atomic E-state index is 0.156. The van der Waals surface area contributed by atoms with Gasteiger partial charge < -0.3 is 20.4 Å². The SMILES string of the molecule is C[C@@H]1COCCN1c1cc(C2([S@@](C)(=N)=O)CC2)nc(-c2cccc3[nH]c(N)nc23)n1. The molecule has 0 bridgehead atoms. The first-order valence-corrected chi connectivity index (χ1v) is 12.0. The summed E-state index contributed by atoms with van der Waals surface area (Å²) < 4.78 is 26.0. The third kappa shape index (κ3) is 3.02. The van der Waals surface area contributed by atoms with Crippen LogP contribution in [0, 0.1) is 4.78 Å². The Labute approximate surface area is 175 Å². The Balaban J connectivity index is 1.72. The van der Waals surface area contributed by atoms with Crippen LogP contribution < -0.4 is 10.6 Å². The van der Waals surface area contributed by atoms with Crippen LogP contribution in [0.4, 0.5) is 11.8 Å². The summed E-state index contributed by atoms with van der Waals surface area (Å²) in [6, 6.07) is 7.79. The number of hydrogen-bond donors (Lipinski definition) is 3. The second-order valence-corrected chi connectivity index (χ2v) is 10.7. The van der Waals surface area contributed by atoms with Crippen LogP contribution >= 0.6 is 0 Å². The van der Waals surface area contributed by atoms with E-state index < -0.39 is 14.5 Å². The summed E-state index contributed by atoms with van der Waals surface area (Å²) >= 11 is 0. The van der Waals surface area contributed by atoms with Crippen molar-refractivity contribution in [2.45, 2.75) is 30.6 Å². The summed E-state index contributed by atoms with van der Waals surface area (Å²) in [6.45, 7) is 4.05. The molecule has 3 heterocycles. The Morgan fingerprint density at radius 3 is 2.83 bits per heavy atom. The molecule has 9 nitrogen and oxygen atoms in total. The zero-order valence-corrected chi connectivity index (χ0v) is 17.8. The second kappa shape index (κ2) is 6.64. The van der Waals surface area contributed by atoms with E-state index in [2.05, 4.69) is 21.8 Å². The number of nitrogens with two attached hydrogens (primary N) is 1. The summed E-state index contributed by atoms with van der Waals surface area (Å²) in [5, 5.41) is 0. The van der Waals surface area contributed by atoms with Crippen molar-refractivity contribution < 1.29 is 8.95 Å². The minimum atomic E-state index is -2.82. The van der Waals surface area contributed by atoms with Crippen molar-refractivity contribution in [1.82, 2.24) is 19.9 Å². The van der Waals surface area contributed by atoms with Gasteiger partial charge in [-0.2, -0.15) is 0 Å². The third-order valence-electron chi connectivity index (χ3n) is 6.06. The molecule has 5 rings (SSSR count). The molecular formula is C20H25N7O2S. The average Bonchev–Trinajstić information content (AvgIpc) is 3.44. The smallest absolute Gasteiger partial charge is 0.198 e. The van der Waals surface area contributed by atoms with Gasteiger partial charge in [-0.05, 0) is 31.9 Å². The van der Waals surface area contributed by atoms with Gasteiger partial charge in [0.05, 0.1) is 44.9 Å². The lowest BCUT2D eigenvalue weighted by Crippen LogP contribution is -2.44. The fourth-order valence-electron chi connectivity index (χ4n) is 4.19. The van der Waals surface area contributed by atoms with E-state index in [-0.39, 0.29) is 6.04 Å². The van der Waals surface area contributed by atoms with Crippen LogP contribution in [0.1, 0.15) is 25.5 Å². The molecule has 0 radical (unpaired) electrons. The van der Waals surface area contributed by atoms with E-state index in [0.717, 1.165) is 16.9 Å². The minimum Gasteiger partial charge on any atom is -0.377 e. The van der Waals surface area contributed by atoms with Crippen molar-refractivity contribution in [3.63, 3.8) is 0 Å². The van der Waals surface area contributed by atoms with Crippen molar-refractivity contribution in [3.05, 3.63) is 30.0 Å². The van der Waals surface area contributed by atoms with E-state index in [9.17, 15) is 4.21 Å². The van der Waals surface area contributed by atoms with Crippen LogP contribution in [-0.2, 0) is 19.2 Å². The van der Waals surface area contributed by atoms with Gasteiger partial charge in [-0.25, -0.2) is 19.2 Å². The number of aromatic nitrogens is 4. The number of ether oxygens (including phenoxy) is 1. The molecule has 1 aromatic carbocycles. The number of nitrogens with zero attached hydrogens (tertiary/aromatic N) is 4. The standard InChI is InChI=1S/C20H25N7O2S/c1-12-11-29-9-8-27(12)16-10-15(20(6-7-20)30(2,22)28)24-18(25-16)13-4-3-5-14-17(13)26-19(21)23-14/h3-5,10,12,22H,6-9,11H2,1-2H3,(H3,21,23,26)/t12-,30+/m1/s1.